The molecule has 0 amide bonds. The van der Waals surface area contributed by atoms with Gasteiger partial charge in [-0.25, -0.2) is 9.79 Å². The van der Waals surface area contributed by atoms with Crippen LogP contribution in [0.15, 0.2) is 28.0 Å². The number of aromatic amines is 2. The van der Waals surface area contributed by atoms with Crippen molar-refractivity contribution in [2.75, 3.05) is 0 Å². The van der Waals surface area contributed by atoms with E-state index in [9.17, 15) is 24.8 Å². The Labute approximate surface area is 131 Å². The van der Waals surface area contributed by atoms with E-state index in [4.69, 9.17) is 5.11 Å². The van der Waals surface area contributed by atoms with E-state index in [1.54, 1.807) is 0 Å². The van der Waals surface area contributed by atoms with Crippen LogP contribution in [0, 0.1) is 14.9 Å². The molecule has 11 heteroatoms. The number of aliphatic imine (C=N–C) groups is 1. The standard InChI is InChI=1S/C12H8N4O6S/c17-9-6(10(18)15-12(23)14-9)4-13-7-2-1-5(11(19)20)3-8(7)16(21)22/h1-4H,(H,19,20)(H3,14,15,17,18,23). The maximum Gasteiger partial charge on any atom is 0.335 e. The fraction of sp³-hybridized carbons (Fsp3) is 0. The molecule has 1 aromatic carbocycles. The number of hydrogen-bond acceptors (Lipinski definition) is 7. The Morgan fingerprint density at radius 2 is 2.09 bits per heavy atom. The number of aromatic hydroxyl groups is 1. The highest BCUT2D eigenvalue weighted by molar-refractivity contribution is 7.71. The summed E-state index contributed by atoms with van der Waals surface area (Å²) in [7, 11) is 0. The average molecular weight is 336 g/mol. The number of H-pyrrole nitrogens is 2. The first-order chi connectivity index (χ1) is 10.8. The van der Waals surface area contributed by atoms with Gasteiger partial charge < -0.3 is 15.2 Å². The van der Waals surface area contributed by atoms with E-state index < -0.39 is 28.0 Å². The molecule has 0 fully saturated rings. The van der Waals surface area contributed by atoms with Crippen molar-refractivity contribution in [1.29, 1.82) is 0 Å². The molecular weight excluding hydrogens is 328 g/mol. The summed E-state index contributed by atoms with van der Waals surface area (Å²) >= 11 is 4.66. The molecule has 0 saturated carbocycles. The summed E-state index contributed by atoms with van der Waals surface area (Å²) in [6, 6.07) is 3.09. The zero-order valence-corrected chi connectivity index (χ0v) is 12.0. The second-order valence-electron chi connectivity index (χ2n) is 4.19. The highest BCUT2D eigenvalue weighted by Gasteiger charge is 2.17. The second kappa shape index (κ2) is 6.19. The summed E-state index contributed by atoms with van der Waals surface area (Å²) in [6.07, 6.45) is 0.905. The minimum absolute atomic E-state index is 0.0959. The number of carbonyl (C=O) groups is 1. The fourth-order valence-electron chi connectivity index (χ4n) is 1.65. The van der Waals surface area contributed by atoms with E-state index in [1.807, 2.05) is 0 Å². The summed E-state index contributed by atoms with van der Waals surface area (Å²) in [5, 5.41) is 29.4. The number of aromatic carboxylic acids is 1. The van der Waals surface area contributed by atoms with Gasteiger partial charge in [0.2, 0.25) is 5.88 Å². The van der Waals surface area contributed by atoms with E-state index >= 15 is 0 Å². The lowest BCUT2D eigenvalue weighted by molar-refractivity contribution is -0.384. The van der Waals surface area contributed by atoms with Crippen LogP contribution in [0.3, 0.4) is 0 Å². The molecule has 0 aliphatic rings. The molecule has 4 N–H and O–H groups in total. The van der Waals surface area contributed by atoms with Crippen molar-refractivity contribution in [3.05, 3.63) is 54.6 Å². The summed E-state index contributed by atoms with van der Waals surface area (Å²) < 4.78 is -0.0959. The molecule has 0 atom stereocenters. The molecule has 2 aromatic rings. The van der Waals surface area contributed by atoms with Crippen molar-refractivity contribution in [2.45, 2.75) is 0 Å². The number of carboxylic acids is 1. The minimum Gasteiger partial charge on any atom is -0.494 e. The molecule has 0 saturated heterocycles. The maximum absolute atomic E-state index is 11.6. The van der Waals surface area contributed by atoms with Crippen LogP contribution in [-0.4, -0.2) is 37.3 Å². The normalized spacial score (nSPS) is 10.8. The van der Waals surface area contributed by atoms with Crippen LogP contribution in [0.4, 0.5) is 11.4 Å². The first kappa shape index (κ1) is 16.0. The zero-order valence-electron chi connectivity index (χ0n) is 11.1. The number of nitrogens with zero attached hydrogens (tertiary/aromatic N) is 2. The van der Waals surface area contributed by atoms with E-state index in [2.05, 4.69) is 27.2 Å². The number of nitro benzene ring substituents is 1. The Bertz CT molecular complexity index is 945. The van der Waals surface area contributed by atoms with Gasteiger partial charge in [0, 0.05) is 12.3 Å². The quantitative estimate of drug-likeness (QED) is 0.284. The van der Waals surface area contributed by atoms with Crippen LogP contribution in [0.1, 0.15) is 15.9 Å². The fourth-order valence-corrected chi connectivity index (χ4v) is 1.84. The maximum atomic E-state index is 11.6. The van der Waals surface area contributed by atoms with E-state index in [-0.39, 0.29) is 21.6 Å². The Hall–Kier alpha value is -3.34. The predicted octanol–water partition coefficient (Wildman–Crippen LogP) is 1.50. The first-order valence-electron chi connectivity index (χ1n) is 5.91. The van der Waals surface area contributed by atoms with Gasteiger partial charge in [-0.1, -0.05) is 0 Å². The lowest BCUT2D eigenvalue weighted by Gasteiger charge is -2.00. The summed E-state index contributed by atoms with van der Waals surface area (Å²) in [5.41, 5.74) is -2.03. The zero-order chi connectivity index (χ0) is 17.1. The predicted molar refractivity (Wildman–Crippen MR) is 81.2 cm³/mol. The van der Waals surface area contributed by atoms with Gasteiger partial charge in [0.15, 0.2) is 4.77 Å². The number of nitro groups is 1. The van der Waals surface area contributed by atoms with Crippen molar-refractivity contribution < 1.29 is 19.9 Å². The third kappa shape index (κ3) is 3.47. The highest BCUT2D eigenvalue weighted by atomic mass is 32.1. The number of aromatic nitrogens is 2. The van der Waals surface area contributed by atoms with Crippen molar-refractivity contribution in [1.82, 2.24) is 9.97 Å². The number of nitrogens with one attached hydrogen (secondary N) is 2. The Kier molecular flexibility index (Phi) is 4.32. The van der Waals surface area contributed by atoms with Gasteiger partial charge >= 0.3 is 5.97 Å². The first-order valence-corrected chi connectivity index (χ1v) is 6.32. The summed E-state index contributed by atoms with van der Waals surface area (Å²) in [4.78, 5) is 40.9. The summed E-state index contributed by atoms with van der Waals surface area (Å²) in [5.74, 6) is -1.87. The van der Waals surface area contributed by atoms with Crippen LogP contribution in [0.25, 0.3) is 0 Å². The molecule has 1 aromatic heterocycles. The average Bonchev–Trinajstić information content (AvgIpc) is 2.45. The molecular formula is C12H8N4O6S. The molecule has 1 heterocycles. The van der Waals surface area contributed by atoms with Crippen LogP contribution in [-0.2, 0) is 0 Å². The largest absolute Gasteiger partial charge is 0.494 e. The van der Waals surface area contributed by atoms with Gasteiger partial charge in [-0.2, -0.15) is 0 Å². The number of carboxylic acid groups (broad SMARTS) is 1. The highest BCUT2D eigenvalue weighted by Crippen LogP contribution is 2.28. The van der Waals surface area contributed by atoms with Gasteiger partial charge in [-0.15, -0.1) is 0 Å². The van der Waals surface area contributed by atoms with Gasteiger partial charge in [-0.3, -0.25) is 19.9 Å². The monoisotopic (exact) mass is 336 g/mol. The number of benzene rings is 1. The number of hydrogen-bond donors (Lipinski definition) is 4. The Morgan fingerprint density at radius 3 is 2.65 bits per heavy atom. The van der Waals surface area contributed by atoms with Crippen LogP contribution < -0.4 is 5.56 Å². The Balaban J connectivity index is 2.52. The van der Waals surface area contributed by atoms with E-state index in [0.717, 1.165) is 24.4 Å². The smallest absolute Gasteiger partial charge is 0.335 e. The minimum atomic E-state index is -1.33. The van der Waals surface area contributed by atoms with Crippen LogP contribution >= 0.6 is 12.2 Å². The SMILES string of the molecule is O=C(O)c1ccc(N=Cc2c(O)[nH]c(=S)[nH]c2=O)c([N+](=O)[O-])c1. The number of rotatable bonds is 4. The second-order valence-corrected chi connectivity index (χ2v) is 4.60. The van der Waals surface area contributed by atoms with Crippen molar-refractivity contribution >= 4 is 35.8 Å². The van der Waals surface area contributed by atoms with Gasteiger partial charge in [0.1, 0.15) is 11.3 Å². The molecule has 2 rings (SSSR count). The topological polar surface area (TPSA) is 162 Å². The molecule has 118 valence electrons. The van der Waals surface area contributed by atoms with Gasteiger partial charge in [-0.05, 0) is 24.4 Å². The summed E-state index contributed by atoms with van der Waals surface area (Å²) in [6.45, 7) is 0. The van der Waals surface area contributed by atoms with Crippen molar-refractivity contribution in [3.63, 3.8) is 0 Å². The molecule has 0 aliphatic heterocycles. The molecule has 0 radical (unpaired) electrons. The van der Waals surface area contributed by atoms with Crippen molar-refractivity contribution in [2.24, 2.45) is 4.99 Å². The van der Waals surface area contributed by atoms with Gasteiger partial charge in [0.25, 0.3) is 11.2 Å². The lowest BCUT2D eigenvalue weighted by Crippen LogP contribution is -2.13. The van der Waals surface area contributed by atoms with Crippen molar-refractivity contribution in [3.8, 4) is 5.88 Å². The Morgan fingerprint density at radius 1 is 1.39 bits per heavy atom. The lowest BCUT2D eigenvalue weighted by atomic mass is 10.2. The third-order valence-corrected chi connectivity index (χ3v) is 2.91. The van der Waals surface area contributed by atoms with E-state index in [1.165, 1.54) is 0 Å². The molecule has 23 heavy (non-hydrogen) atoms. The molecule has 0 unspecified atom stereocenters. The third-order valence-electron chi connectivity index (χ3n) is 2.71. The molecule has 0 spiro atoms. The van der Waals surface area contributed by atoms with Crippen LogP contribution in [0.5, 0.6) is 5.88 Å². The molecule has 0 bridgehead atoms. The van der Waals surface area contributed by atoms with Gasteiger partial charge in [0.05, 0.1) is 10.5 Å². The molecule has 0 aliphatic carbocycles. The van der Waals surface area contributed by atoms with Crippen LogP contribution in [0.2, 0.25) is 0 Å². The molecule has 10 nitrogen and oxygen atoms in total. The van der Waals surface area contributed by atoms with E-state index in [0.29, 0.717) is 0 Å².